The van der Waals surface area contributed by atoms with Gasteiger partial charge in [-0.1, -0.05) is 0 Å². The van der Waals surface area contributed by atoms with E-state index >= 15 is 0 Å². The molecule has 2 N–H and O–H groups in total. The predicted octanol–water partition coefficient (Wildman–Crippen LogP) is 3.77. The maximum atomic E-state index is 13.3. The molecule has 96 valence electrons. The van der Waals surface area contributed by atoms with Gasteiger partial charge in [0.15, 0.2) is 0 Å². The summed E-state index contributed by atoms with van der Waals surface area (Å²) in [5, 5.41) is 0. The molecule has 0 bridgehead atoms. The number of alkyl halides is 2. The van der Waals surface area contributed by atoms with Gasteiger partial charge >= 0.3 is 0 Å². The summed E-state index contributed by atoms with van der Waals surface area (Å²) in [6.07, 6.45) is 0.956. The molecule has 1 aliphatic carbocycles. The van der Waals surface area contributed by atoms with Gasteiger partial charge in [-0.2, -0.15) is 0 Å². The van der Waals surface area contributed by atoms with Crippen molar-refractivity contribution in [1.82, 2.24) is 0 Å². The zero-order valence-corrected chi connectivity index (χ0v) is 11.2. The van der Waals surface area contributed by atoms with Crippen molar-refractivity contribution in [2.24, 2.45) is 5.73 Å². The molecule has 0 aromatic carbocycles. The molecule has 0 atom stereocenters. The van der Waals surface area contributed by atoms with Crippen molar-refractivity contribution in [2.45, 2.75) is 50.9 Å². The molecule has 1 heterocycles. The summed E-state index contributed by atoms with van der Waals surface area (Å²) < 4.78 is 26.5. The van der Waals surface area contributed by atoms with E-state index < -0.39 is 5.92 Å². The van der Waals surface area contributed by atoms with Crippen LogP contribution in [0.1, 0.15) is 41.0 Å². The summed E-state index contributed by atoms with van der Waals surface area (Å²) in [7, 11) is 0. The highest BCUT2D eigenvalue weighted by Gasteiger charge is 2.44. The molecule has 1 aromatic heterocycles. The van der Waals surface area contributed by atoms with Gasteiger partial charge < -0.3 is 5.73 Å². The molecule has 17 heavy (non-hydrogen) atoms. The number of hydrogen-bond acceptors (Lipinski definition) is 2. The van der Waals surface area contributed by atoms with Gasteiger partial charge in [0.2, 0.25) is 5.92 Å². The van der Waals surface area contributed by atoms with Crippen LogP contribution in [-0.2, 0) is 5.41 Å². The Balaban J connectivity index is 2.30. The van der Waals surface area contributed by atoms with E-state index in [-0.39, 0.29) is 18.3 Å². The Labute approximate surface area is 105 Å². The Bertz CT molecular complexity index is 402. The third-order valence-corrected chi connectivity index (χ3v) is 4.91. The summed E-state index contributed by atoms with van der Waals surface area (Å²) >= 11 is 1.73. The number of halogens is 2. The molecular formula is C13H19F2NS. The minimum Gasteiger partial charge on any atom is -0.330 e. The Kier molecular flexibility index (Phi) is 3.29. The minimum absolute atomic E-state index is 0.0292. The Hall–Kier alpha value is -0.480. The summed E-state index contributed by atoms with van der Waals surface area (Å²) in [6.45, 7) is 4.60. The van der Waals surface area contributed by atoms with Gasteiger partial charge in [0.05, 0.1) is 0 Å². The second-order valence-corrected chi connectivity index (χ2v) is 6.63. The molecule has 1 fully saturated rings. The zero-order valence-electron chi connectivity index (χ0n) is 10.4. The molecule has 0 amide bonds. The molecule has 1 aliphatic rings. The smallest absolute Gasteiger partial charge is 0.248 e. The van der Waals surface area contributed by atoms with Crippen LogP contribution in [0.15, 0.2) is 6.07 Å². The van der Waals surface area contributed by atoms with E-state index in [4.69, 9.17) is 5.73 Å². The quantitative estimate of drug-likeness (QED) is 0.859. The second kappa shape index (κ2) is 4.32. The average Bonchev–Trinajstić information content (AvgIpc) is 2.60. The van der Waals surface area contributed by atoms with E-state index in [0.29, 0.717) is 19.4 Å². The van der Waals surface area contributed by atoms with Gasteiger partial charge in [-0.3, -0.25) is 0 Å². The number of aryl methyl sites for hydroxylation is 2. The van der Waals surface area contributed by atoms with Gasteiger partial charge in [0, 0.05) is 34.6 Å². The maximum absolute atomic E-state index is 13.3. The van der Waals surface area contributed by atoms with Crippen LogP contribution in [0.4, 0.5) is 8.78 Å². The van der Waals surface area contributed by atoms with Crippen LogP contribution < -0.4 is 5.73 Å². The van der Waals surface area contributed by atoms with E-state index in [2.05, 4.69) is 19.9 Å². The average molecular weight is 259 g/mol. The number of rotatable bonds is 2. The van der Waals surface area contributed by atoms with Crippen molar-refractivity contribution in [3.8, 4) is 0 Å². The fourth-order valence-electron chi connectivity index (χ4n) is 2.84. The highest BCUT2D eigenvalue weighted by atomic mass is 32.1. The summed E-state index contributed by atoms with van der Waals surface area (Å²) in [4.78, 5) is 2.47. The first-order chi connectivity index (χ1) is 7.88. The van der Waals surface area contributed by atoms with Crippen molar-refractivity contribution in [3.63, 3.8) is 0 Å². The van der Waals surface area contributed by atoms with Gasteiger partial charge in [-0.15, -0.1) is 11.3 Å². The van der Waals surface area contributed by atoms with Crippen molar-refractivity contribution in [1.29, 1.82) is 0 Å². The topological polar surface area (TPSA) is 26.0 Å². The molecule has 1 saturated carbocycles. The first-order valence-corrected chi connectivity index (χ1v) is 6.86. The SMILES string of the molecule is Cc1cc(C2(CN)CCC(F)(F)CC2)c(C)s1. The summed E-state index contributed by atoms with van der Waals surface area (Å²) in [6, 6.07) is 2.14. The monoisotopic (exact) mass is 259 g/mol. The van der Waals surface area contributed by atoms with Crippen molar-refractivity contribution in [2.75, 3.05) is 6.54 Å². The molecule has 1 aromatic rings. The molecule has 0 saturated heterocycles. The minimum atomic E-state index is -2.49. The zero-order chi connectivity index (χ0) is 12.7. The number of nitrogens with two attached hydrogens (primary N) is 1. The highest BCUT2D eigenvalue weighted by Crippen LogP contribution is 2.47. The predicted molar refractivity (Wildman–Crippen MR) is 67.9 cm³/mol. The third kappa shape index (κ3) is 2.38. The largest absolute Gasteiger partial charge is 0.330 e. The summed E-state index contributed by atoms with van der Waals surface area (Å²) in [5.74, 6) is -2.49. The lowest BCUT2D eigenvalue weighted by molar-refractivity contribution is -0.0509. The molecule has 0 spiro atoms. The van der Waals surface area contributed by atoms with E-state index in [1.165, 1.54) is 15.3 Å². The first-order valence-electron chi connectivity index (χ1n) is 6.04. The molecule has 4 heteroatoms. The van der Waals surface area contributed by atoms with Gasteiger partial charge in [0.25, 0.3) is 0 Å². The molecule has 1 nitrogen and oxygen atoms in total. The lowest BCUT2D eigenvalue weighted by Gasteiger charge is -2.39. The van der Waals surface area contributed by atoms with E-state index in [1.54, 1.807) is 11.3 Å². The Morgan fingerprint density at radius 1 is 1.24 bits per heavy atom. The standard InChI is InChI=1S/C13H19F2NS/c1-9-7-11(10(2)17-9)12(8-16)3-5-13(14,15)6-4-12/h7H,3-6,8,16H2,1-2H3. The van der Waals surface area contributed by atoms with Crippen molar-refractivity contribution >= 4 is 11.3 Å². The Morgan fingerprint density at radius 2 is 1.82 bits per heavy atom. The fraction of sp³-hybridized carbons (Fsp3) is 0.692. The van der Waals surface area contributed by atoms with Gasteiger partial charge in [-0.05, 0) is 38.3 Å². The normalized spacial score (nSPS) is 22.6. The Morgan fingerprint density at radius 3 is 2.24 bits per heavy atom. The van der Waals surface area contributed by atoms with Gasteiger partial charge in [-0.25, -0.2) is 8.78 Å². The van der Waals surface area contributed by atoms with Crippen LogP contribution >= 0.6 is 11.3 Å². The van der Waals surface area contributed by atoms with E-state index in [0.717, 1.165) is 0 Å². The molecule has 2 rings (SSSR count). The molecule has 0 radical (unpaired) electrons. The fourth-order valence-corrected chi connectivity index (χ4v) is 3.88. The highest BCUT2D eigenvalue weighted by molar-refractivity contribution is 7.12. The van der Waals surface area contributed by atoms with Crippen LogP contribution in [-0.4, -0.2) is 12.5 Å². The van der Waals surface area contributed by atoms with Crippen LogP contribution in [0.5, 0.6) is 0 Å². The van der Waals surface area contributed by atoms with E-state index in [9.17, 15) is 8.78 Å². The van der Waals surface area contributed by atoms with Crippen LogP contribution in [0.3, 0.4) is 0 Å². The van der Waals surface area contributed by atoms with Crippen LogP contribution in [0.25, 0.3) is 0 Å². The second-order valence-electron chi connectivity index (χ2n) is 5.17. The lowest BCUT2D eigenvalue weighted by atomic mass is 9.68. The number of hydrogen-bond donors (Lipinski definition) is 1. The first kappa shape index (κ1) is 13.0. The van der Waals surface area contributed by atoms with E-state index in [1.807, 2.05) is 0 Å². The summed E-state index contributed by atoms with van der Waals surface area (Å²) in [5.41, 5.74) is 6.89. The molecular weight excluding hydrogens is 240 g/mol. The van der Waals surface area contributed by atoms with Crippen LogP contribution in [0, 0.1) is 13.8 Å². The maximum Gasteiger partial charge on any atom is 0.248 e. The molecule has 0 aliphatic heterocycles. The molecule has 0 unspecified atom stereocenters. The van der Waals surface area contributed by atoms with Crippen molar-refractivity contribution in [3.05, 3.63) is 21.4 Å². The lowest BCUT2D eigenvalue weighted by Crippen LogP contribution is -2.42. The van der Waals surface area contributed by atoms with Crippen molar-refractivity contribution < 1.29 is 8.78 Å². The number of thiophene rings is 1. The third-order valence-electron chi connectivity index (χ3n) is 3.94. The van der Waals surface area contributed by atoms with Gasteiger partial charge in [0.1, 0.15) is 0 Å². The van der Waals surface area contributed by atoms with Crippen LogP contribution in [0.2, 0.25) is 0 Å².